The van der Waals surface area contributed by atoms with E-state index in [1.54, 1.807) is 0 Å². The van der Waals surface area contributed by atoms with Crippen LogP contribution in [0.2, 0.25) is 5.02 Å². The normalized spacial score (nSPS) is 12.5. The number of nitrogens with one attached hydrogen (secondary N) is 1. The Morgan fingerprint density at radius 3 is 2.43 bits per heavy atom. The van der Waals surface area contributed by atoms with Crippen LogP contribution in [0.5, 0.6) is 5.75 Å². The summed E-state index contributed by atoms with van der Waals surface area (Å²) in [5.74, 6) is 6.64. The highest BCUT2D eigenvalue weighted by Crippen LogP contribution is 2.32. The van der Waals surface area contributed by atoms with Gasteiger partial charge in [-0.2, -0.15) is 0 Å². The lowest BCUT2D eigenvalue weighted by molar-refractivity contribution is 0.238. The highest BCUT2D eigenvalue weighted by molar-refractivity contribution is 6.30. The monoisotopic (exact) mass is 304 g/mol. The molecule has 1 atom stereocenters. The van der Waals surface area contributed by atoms with Gasteiger partial charge in [-0.3, -0.25) is 5.84 Å². The van der Waals surface area contributed by atoms with E-state index in [-0.39, 0.29) is 12.1 Å². The molecule has 0 aliphatic heterocycles. The largest absolute Gasteiger partial charge is 0.491 e. The van der Waals surface area contributed by atoms with Crippen LogP contribution in [0.4, 0.5) is 0 Å². The van der Waals surface area contributed by atoms with Crippen molar-refractivity contribution in [1.82, 2.24) is 5.43 Å². The van der Waals surface area contributed by atoms with E-state index in [9.17, 15) is 0 Å². The summed E-state index contributed by atoms with van der Waals surface area (Å²) in [5.41, 5.74) is 6.07. The van der Waals surface area contributed by atoms with E-state index in [1.807, 2.05) is 63.2 Å². The van der Waals surface area contributed by atoms with E-state index in [0.29, 0.717) is 0 Å². The van der Waals surface area contributed by atoms with Gasteiger partial charge in [-0.05, 0) is 50.1 Å². The average molecular weight is 305 g/mol. The number of para-hydroxylation sites is 1. The van der Waals surface area contributed by atoms with Crippen LogP contribution in [0.3, 0.4) is 0 Å². The lowest BCUT2D eigenvalue weighted by atomic mass is 9.95. The molecule has 0 heterocycles. The SMILES string of the molecule is Cc1cc(Cl)ccc1C(NN)c1ccccc1OC(C)C. The fourth-order valence-corrected chi connectivity index (χ4v) is 2.62. The maximum absolute atomic E-state index is 6.03. The molecule has 4 heteroatoms. The van der Waals surface area contributed by atoms with Gasteiger partial charge in [0.15, 0.2) is 0 Å². The number of rotatable bonds is 5. The number of nitrogens with two attached hydrogens (primary N) is 1. The molecular formula is C17H21ClN2O. The Morgan fingerprint density at radius 2 is 1.81 bits per heavy atom. The van der Waals surface area contributed by atoms with Crippen LogP contribution in [0.15, 0.2) is 42.5 Å². The third-order valence-corrected chi connectivity index (χ3v) is 3.54. The summed E-state index contributed by atoms with van der Waals surface area (Å²) in [6.07, 6.45) is 0.107. The Labute approximate surface area is 131 Å². The molecule has 0 radical (unpaired) electrons. The predicted octanol–water partition coefficient (Wildman–Crippen LogP) is 3.99. The van der Waals surface area contributed by atoms with Crippen molar-refractivity contribution in [2.24, 2.45) is 5.84 Å². The molecule has 0 saturated heterocycles. The number of ether oxygens (including phenoxy) is 1. The van der Waals surface area contributed by atoms with E-state index >= 15 is 0 Å². The number of benzene rings is 2. The fraction of sp³-hybridized carbons (Fsp3) is 0.294. The quantitative estimate of drug-likeness (QED) is 0.648. The number of aryl methyl sites for hydroxylation is 1. The second-order valence-electron chi connectivity index (χ2n) is 5.31. The molecule has 112 valence electrons. The van der Waals surface area contributed by atoms with Crippen LogP contribution < -0.4 is 16.0 Å². The molecule has 0 aliphatic carbocycles. The summed E-state index contributed by atoms with van der Waals surface area (Å²) >= 11 is 6.03. The molecule has 21 heavy (non-hydrogen) atoms. The van der Waals surface area contributed by atoms with Crippen LogP contribution >= 0.6 is 11.6 Å². The van der Waals surface area contributed by atoms with Gasteiger partial charge < -0.3 is 4.74 Å². The Balaban J connectivity index is 2.46. The molecule has 1 unspecified atom stereocenters. The van der Waals surface area contributed by atoms with Crippen molar-refractivity contribution in [2.45, 2.75) is 32.9 Å². The lowest BCUT2D eigenvalue weighted by Crippen LogP contribution is -2.30. The molecular weight excluding hydrogens is 284 g/mol. The molecule has 0 amide bonds. The van der Waals surface area contributed by atoms with E-state index in [2.05, 4.69) is 5.43 Å². The Hall–Kier alpha value is -1.55. The Morgan fingerprint density at radius 1 is 1.10 bits per heavy atom. The van der Waals surface area contributed by atoms with Crippen molar-refractivity contribution in [1.29, 1.82) is 0 Å². The molecule has 0 bridgehead atoms. The smallest absolute Gasteiger partial charge is 0.124 e. The van der Waals surface area contributed by atoms with E-state index < -0.39 is 0 Å². The lowest BCUT2D eigenvalue weighted by Gasteiger charge is -2.23. The van der Waals surface area contributed by atoms with Gasteiger partial charge in [-0.1, -0.05) is 35.9 Å². The zero-order valence-corrected chi connectivity index (χ0v) is 13.3. The van der Waals surface area contributed by atoms with Gasteiger partial charge in [0.1, 0.15) is 5.75 Å². The van der Waals surface area contributed by atoms with Crippen molar-refractivity contribution < 1.29 is 4.74 Å². The average Bonchev–Trinajstić information content (AvgIpc) is 2.43. The molecule has 2 rings (SSSR count). The van der Waals surface area contributed by atoms with Crippen molar-refractivity contribution in [3.63, 3.8) is 0 Å². The van der Waals surface area contributed by atoms with Crippen molar-refractivity contribution >= 4 is 11.6 Å². The number of halogens is 1. The van der Waals surface area contributed by atoms with Crippen LogP contribution in [0, 0.1) is 6.92 Å². The van der Waals surface area contributed by atoms with Gasteiger partial charge in [-0.25, -0.2) is 5.43 Å². The van der Waals surface area contributed by atoms with E-state index in [1.165, 1.54) is 0 Å². The van der Waals surface area contributed by atoms with Gasteiger partial charge in [0.05, 0.1) is 12.1 Å². The van der Waals surface area contributed by atoms with Gasteiger partial charge in [0, 0.05) is 10.6 Å². The van der Waals surface area contributed by atoms with Crippen molar-refractivity contribution in [2.75, 3.05) is 0 Å². The summed E-state index contributed by atoms with van der Waals surface area (Å²) in [5, 5.41) is 0.721. The number of hydrazine groups is 1. The highest BCUT2D eigenvalue weighted by Gasteiger charge is 2.19. The van der Waals surface area contributed by atoms with Crippen molar-refractivity contribution in [3.8, 4) is 5.75 Å². The predicted molar refractivity (Wildman–Crippen MR) is 87.6 cm³/mol. The molecule has 3 N–H and O–H groups in total. The first kappa shape index (κ1) is 15.8. The molecule has 2 aromatic rings. The molecule has 0 aliphatic rings. The van der Waals surface area contributed by atoms with Crippen LogP contribution in [0.25, 0.3) is 0 Å². The number of hydrogen-bond donors (Lipinski definition) is 2. The first-order valence-electron chi connectivity index (χ1n) is 7.00. The molecule has 3 nitrogen and oxygen atoms in total. The Bertz CT molecular complexity index is 613. The minimum absolute atomic E-state index is 0.107. The van der Waals surface area contributed by atoms with Gasteiger partial charge >= 0.3 is 0 Å². The topological polar surface area (TPSA) is 47.3 Å². The maximum atomic E-state index is 6.03. The third kappa shape index (κ3) is 3.76. The summed E-state index contributed by atoms with van der Waals surface area (Å²) in [6.45, 7) is 6.04. The Kier molecular flexibility index (Phi) is 5.23. The third-order valence-electron chi connectivity index (χ3n) is 3.30. The van der Waals surface area contributed by atoms with Gasteiger partial charge in [0.2, 0.25) is 0 Å². The van der Waals surface area contributed by atoms with Crippen LogP contribution in [-0.2, 0) is 0 Å². The first-order chi connectivity index (χ1) is 10.0. The minimum Gasteiger partial charge on any atom is -0.491 e. The van der Waals surface area contributed by atoms with Crippen LogP contribution in [-0.4, -0.2) is 6.10 Å². The highest BCUT2D eigenvalue weighted by atomic mass is 35.5. The maximum Gasteiger partial charge on any atom is 0.124 e. The first-order valence-corrected chi connectivity index (χ1v) is 7.38. The van der Waals surface area contributed by atoms with Crippen LogP contribution in [0.1, 0.15) is 36.6 Å². The zero-order chi connectivity index (χ0) is 15.4. The molecule has 0 saturated carbocycles. The summed E-state index contributed by atoms with van der Waals surface area (Å²) < 4.78 is 5.89. The fourth-order valence-electron chi connectivity index (χ4n) is 2.39. The minimum atomic E-state index is -0.141. The van der Waals surface area contributed by atoms with Gasteiger partial charge in [-0.15, -0.1) is 0 Å². The van der Waals surface area contributed by atoms with E-state index in [0.717, 1.165) is 27.5 Å². The number of hydrogen-bond acceptors (Lipinski definition) is 3. The summed E-state index contributed by atoms with van der Waals surface area (Å²) in [4.78, 5) is 0. The van der Waals surface area contributed by atoms with Gasteiger partial charge in [0.25, 0.3) is 0 Å². The standard InChI is InChI=1S/C17H21ClN2O/c1-11(2)21-16-7-5-4-6-15(16)17(20-19)14-9-8-13(18)10-12(14)3/h4-11,17,20H,19H2,1-3H3. The summed E-state index contributed by atoms with van der Waals surface area (Å²) in [7, 11) is 0. The second kappa shape index (κ2) is 6.94. The second-order valence-corrected chi connectivity index (χ2v) is 5.74. The zero-order valence-electron chi connectivity index (χ0n) is 12.6. The molecule has 0 spiro atoms. The molecule has 2 aromatic carbocycles. The van der Waals surface area contributed by atoms with Crippen molar-refractivity contribution in [3.05, 3.63) is 64.2 Å². The molecule has 0 aromatic heterocycles. The molecule has 0 fully saturated rings. The summed E-state index contributed by atoms with van der Waals surface area (Å²) in [6, 6.07) is 13.6. The van der Waals surface area contributed by atoms with E-state index in [4.69, 9.17) is 22.2 Å².